The molecule has 2 aromatic rings. The third-order valence-corrected chi connectivity index (χ3v) is 6.65. The predicted octanol–water partition coefficient (Wildman–Crippen LogP) is 0.591. The summed E-state index contributed by atoms with van der Waals surface area (Å²) in [4.78, 5) is 11.0. The van der Waals surface area contributed by atoms with Crippen LogP contribution in [0.25, 0.3) is 11.0 Å². The topological polar surface area (TPSA) is 98.9 Å². The van der Waals surface area contributed by atoms with Crippen molar-refractivity contribution in [3.05, 3.63) is 35.7 Å². The number of aliphatic hydroxyl groups excluding tert-OH is 3. The molecule has 0 spiro atoms. The standard InChI is InChI=1S/C20H25N3O4/c1-10-17(9-24)27-20(19(26)18(10)25)23-7-11-4-12(8-23)14-6-16-15(5-13(11)14)21-2-3-22-16/h2-3,5-6,10-12,17-20,24-26H,4,7-9H2,1H3. The van der Waals surface area contributed by atoms with E-state index < -0.39 is 24.5 Å². The summed E-state index contributed by atoms with van der Waals surface area (Å²) in [6, 6.07) is 4.30. The Morgan fingerprint density at radius 1 is 1.04 bits per heavy atom. The summed E-state index contributed by atoms with van der Waals surface area (Å²) in [5.41, 5.74) is 4.45. The van der Waals surface area contributed by atoms with E-state index in [2.05, 4.69) is 27.0 Å². The van der Waals surface area contributed by atoms with E-state index in [9.17, 15) is 15.3 Å². The minimum atomic E-state index is -0.981. The van der Waals surface area contributed by atoms with Gasteiger partial charge in [-0.2, -0.15) is 0 Å². The van der Waals surface area contributed by atoms with Crippen molar-refractivity contribution in [1.82, 2.24) is 14.9 Å². The molecular weight excluding hydrogens is 346 g/mol. The van der Waals surface area contributed by atoms with Gasteiger partial charge in [-0.15, -0.1) is 0 Å². The number of benzene rings is 1. The number of aromatic nitrogens is 2. The van der Waals surface area contributed by atoms with Crippen molar-refractivity contribution in [2.75, 3.05) is 19.7 Å². The van der Waals surface area contributed by atoms with Gasteiger partial charge in [0.05, 0.1) is 29.8 Å². The summed E-state index contributed by atoms with van der Waals surface area (Å²) in [5.74, 6) is 0.400. The van der Waals surface area contributed by atoms with Crippen LogP contribution in [0.1, 0.15) is 36.3 Å². The maximum Gasteiger partial charge on any atom is 0.139 e. The van der Waals surface area contributed by atoms with Gasteiger partial charge in [-0.05, 0) is 41.5 Å². The highest BCUT2D eigenvalue weighted by molar-refractivity contribution is 5.77. The average molecular weight is 371 g/mol. The van der Waals surface area contributed by atoms with Gasteiger partial charge >= 0.3 is 0 Å². The molecule has 0 radical (unpaired) electrons. The van der Waals surface area contributed by atoms with Gasteiger partial charge in [0, 0.05) is 31.4 Å². The van der Waals surface area contributed by atoms with E-state index >= 15 is 0 Å². The summed E-state index contributed by atoms with van der Waals surface area (Å²) in [7, 11) is 0. The number of rotatable bonds is 2. The summed E-state index contributed by atoms with van der Waals surface area (Å²) in [6.07, 6.45) is 1.56. The Hall–Kier alpha value is -1.64. The van der Waals surface area contributed by atoms with E-state index in [1.165, 1.54) is 11.1 Å². The third kappa shape index (κ3) is 2.68. The van der Waals surface area contributed by atoms with Crippen LogP contribution in [0.2, 0.25) is 0 Å². The van der Waals surface area contributed by atoms with E-state index in [0.717, 1.165) is 30.5 Å². The molecule has 2 saturated heterocycles. The molecule has 3 aliphatic rings. The van der Waals surface area contributed by atoms with Gasteiger partial charge in [-0.1, -0.05) is 6.92 Å². The molecule has 7 heteroatoms. The highest BCUT2D eigenvalue weighted by Crippen LogP contribution is 2.48. The van der Waals surface area contributed by atoms with Gasteiger partial charge in [0.2, 0.25) is 0 Å². The number of ether oxygens (including phenoxy) is 1. The Morgan fingerprint density at radius 2 is 1.63 bits per heavy atom. The molecule has 7 nitrogen and oxygen atoms in total. The zero-order chi connectivity index (χ0) is 18.7. The summed E-state index contributed by atoms with van der Waals surface area (Å²) >= 11 is 0. The maximum absolute atomic E-state index is 10.6. The number of nitrogens with zero attached hydrogens (tertiary/aromatic N) is 3. The molecule has 7 unspecified atom stereocenters. The number of fused-ring (bicyclic) bond motifs is 6. The molecule has 0 amide bonds. The second-order valence-electron chi connectivity index (χ2n) is 8.20. The first-order valence-electron chi connectivity index (χ1n) is 9.68. The molecule has 144 valence electrons. The number of hydrogen-bond acceptors (Lipinski definition) is 7. The first kappa shape index (κ1) is 17.5. The Bertz CT molecular complexity index is 810. The molecule has 2 bridgehead atoms. The average Bonchev–Trinajstić information content (AvgIpc) is 2.94. The van der Waals surface area contributed by atoms with Gasteiger partial charge in [0.1, 0.15) is 12.3 Å². The zero-order valence-corrected chi connectivity index (χ0v) is 15.3. The van der Waals surface area contributed by atoms with Crippen LogP contribution in [0.5, 0.6) is 0 Å². The van der Waals surface area contributed by atoms with Crippen molar-refractivity contribution in [3.8, 4) is 0 Å². The molecule has 1 aliphatic carbocycles. The highest BCUT2D eigenvalue weighted by atomic mass is 16.5. The largest absolute Gasteiger partial charge is 0.394 e. The third-order valence-electron chi connectivity index (χ3n) is 6.65. The molecule has 7 atom stereocenters. The van der Waals surface area contributed by atoms with Gasteiger partial charge in [0.15, 0.2) is 0 Å². The lowest BCUT2D eigenvalue weighted by atomic mass is 9.88. The minimum Gasteiger partial charge on any atom is -0.394 e. The van der Waals surface area contributed by atoms with E-state index in [-0.39, 0.29) is 12.5 Å². The maximum atomic E-state index is 10.6. The SMILES string of the molecule is CC1C(CO)OC(N2CC3CC(C2)c2cc4nccnc4cc23)C(O)C1O. The van der Waals surface area contributed by atoms with Crippen molar-refractivity contribution in [2.24, 2.45) is 5.92 Å². The van der Waals surface area contributed by atoms with Crippen molar-refractivity contribution in [2.45, 2.75) is 49.7 Å². The molecule has 2 aliphatic heterocycles. The zero-order valence-electron chi connectivity index (χ0n) is 15.3. The Morgan fingerprint density at radius 3 is 2.19 bits per heavy atom. The van der Waals surface area contributed by atoms with Crippen molar-refractivity contribution >= 4 is 11.0 Å². The van der Waals surface area contributed by atoms with Crippen LogP contribution in [-0.2, 0) is 4.74 Å². The molecule has 0 saturated carbocycles. The van der Waals surface area contributed by atoms with Gasteiger partial charge in [-0.25, -0.2) is 0 Å². The van der Waals surface area contributed by atoms with Gasteiger partial charge in [0.25, 0.3) is 0 Å². The molecule has 2 fully saturated rings. The number of likely N-dealkylation sites (tertiary alicyclic amines) is 1. The Labute approximate surface area is 157 Å². The minimum absolute atomic E-state index is 0.162. The monoisotopic (exact) mass is 371 g/mol. The fourth-order valence-electron chi connectivity index (χ4n) is 5.14. The summed E-state index contributed by atoms with van der Waals surface area (Å²) in [5, 5.41) is 30.6. The van der Waals surface area contributed by atoms with Crippen molar-refractivity contribution in [1.29, 1.82) is 0 Å². The Balaban J connectivity index is 1.44. The number of piperidine rings is 1. The quantitative estimate of drug-likeness (QED) is 0.711. The summed E-state index contributed by atoms with van der Waals surface area (Å²) in [6.45, 7) is 3.16. The van der Waals surface area contributed by atoms with Crippen LogP contribution >= 0.6 is 0 Å². The molecule has 27 heavy (non-hydrogen) atoms. The van der Waals surface area contributed by atoms with E-state index in [0.29, 0.717) is 11.8 Å². The first-order valence-corrected chi connectivity index (χ1v) is 9.68. The lowest BCUT2D eigenvalue weighted by Crippen LogP contribution is -2.61. The van der Waals surface area contributed by atoms with Crippen LogP contribution in [0, 0.1) is 5.92 Å². The first-order chi connectivity index (χ1) is 13.1. The highest BCUT2D eigenvalue weighted by Gasteiger charge is 2.48. The Kier molecular flexibility index (Phi) is 4.18. The fraction of sp³-hybridized carbons (Fsp3) is 0.600. The molecular formula is C20H25N3O4. The molecule has 3 heterocycles. The summed E-state index contributed by atoms with van der Waals surface area (Å²) < 4.78 is 6.01. The van der Waals surface area contributed by atoms with Crippen LogP contribution < -0.4 is 0 Å². The van der Waals surface area contributed by atoms with Crippen LogP contribution in [0.3, 0.4) is 0 Å². The smallest absolute Gasteiger partial charge is 0.139 e. The van der Waals surface area contributed by atoms with Crippen LogP contribution in [-0.4, -0.2) is 74.4 Å². The van der Waals surface area contributed by atoms with E-state index in [4.69, 9.17) is 4.74 Å². The van der Waals surface area contributed by atoms with E-state index in [1.807, 2.05) is 0 Å². The second-order valence-corrected chi connectivity index (χ2v) is 8.20. The molecule has 5 rings (SSSR count). The van der Waals surface area contributed by atoms with Crippen LogP contribution in [0.4, 0.5) is 0 Å². The number of aliphatic hydroxyl groups is 3. The fourth-order valence-corrected chi connectivity index (χ4v) is 5.14. The normalized spacial score (nSPS) is 38.9. The lowest BCUT2D eigenvalue weighted by Gasteiger charge is -2.47. The van der Waals surface area contributed by atoms with Crippen molar-refractivity contribution < 1.29 is 20.1 Å². The number of hydrogen-bond donors (Lipinski definition) is 3. The molecule has 1 aromatic heterocycles. The van der Waals surface area contributed by atoms with Gasteiger partial charge in [-0.3, -0.25) is 14.9 Å². The molecule has 1 aromatic carbocycles. The van der Waals surface area contributed by atoms with E-state index in [1.54, 1.807) is 19.3 Å². The van der Waals surface area contributed by atoms with Crippen LogP contribution in [0.15, 0.2) is 24.5 Å². The lowest BCUT2D eigenvalue weighted by molar-refractivity contribution is -0.250. The predicted molar refractivity (Wildman–Crippen MR) is 98.1 cm³/mol. The van der Waals surface area contributed by atoms with Gasteiger partial charge < -0.3 is 20.1 Å². The molecule has 3 N–H and O–H groups in total. The van der Waals surface area contributed by atoms with Crippen molar-refractivity contribution in [3.63, 3.8) is 0 Å². The second kappa shape index (κ2) is 6.46.